The molecule has 0 saturated heterocycles. The number of hydrogen-bond donors (Lipinski definition) is 4. The zero-order chi connectivity index (χ0) is 19.1. The van der Waals surface area contributed by atoms with E-state index in [4.69, 9.17) is 20.9 Å². The van der Waals surface area contributed by atoms with E-state index in [0.717, 1.165) is 12.8 Å². The predicted molar refractivity (Wildman–Crippen MR) is 97.9 cm³/mol. The van der Waals surface area contributed by atoms with Crippen LogP contribution in [0.1, 0.15) is 40.5 Å². The highest BCUT2D eigenvalue weighted by molar-refractivity contribution is 5.04. The molecule has 2 aliphatic rings. The molecule has 6 nitrogen and oxygen atoms in total. The summed E-state index contributed by atoms with van der Waals surface area (Å²) in [7, 11) is 3.27. The molecule has 10 unspecified atom stereocenters. The zero-order valence-corrected chi connectivity index (χ0v) is 16.6. The fourth-order valence-corrected chi connectivity index (χ4v) is 5.57. The average molecular weight is 359 g/mol. The first-order valence-electron chi connectivity index (χ1n) is 9.50. The van der Waals surface area contributed by atoms with Gasteiger partial charge < -0.3 is 31.2 Å². The fourth-order valence-electron chi connectivity index (χ4n) is 5.57. The summed E-state index contributed by atoms with van der Waals surface area (Å²) >= 11 is 0. The molecule has 148 valence electrons. The molecule has 2 fully saturated rings. The number of aliphatic hydroxyl groups is 2. The lowest BCUT2D eigenvalue weighted by molar-refractivity contribution is -0.139. The molecule has 0 amide bonds. The van der Waals surface area contributed by atoms with Crippen LogP contribution >= 0.6 is 0 Å². The normalized spacial score (nSPS) is 49.2. The molecular weight excluding hydrogens is 320 g/mol. The van der Waals surface area contributed by atoms with Crippen LogP contribution in [0.25, 0.3) is 0 Å². The summed E-state index contributed by atoms with van der Waals surface area (Å²) < 4.78 is 11.0. The highest BCUT2D eigenvalue weighted by Gasteiger charge is 2.53. The Labute approximate surface area is 152 Å². The number of nitrogens with two attached hydrogens (primary N) is 2. The van der Waals surface area contributed by atoms with Crippen molar-refractivity contribution in [1.29, 1.82) is 0 Å². The lowest BCUT2D eigenvalue weighted by Crippen LogP contribution is -2.61. The first-order valence-corrected chi connectivity index (χ1v) is 9.50. The lowest BCUT2D eigenvalue weighted by atomic mass is 9.53. The highest BCUT2D eigenvalue weighted by atomic mass is 16.5. The molecule has 0 spiro atoms. The summed E-state index contributed by atoms with van der Waals surface area (Å²) in [5.41, 5.74) is 12.6. The van der Waals surface area contributed by atoms with Crippen molar-refractivity contribution in [2.45, 2.75) is 77.0 Å². The van der Waals surface area contributed by atoms with Crippen LogP contribution in [0.2, 0.25) is 0 Å². The molecular formula is C19H38N2O4. The van der Waals surface area contributed by atoms with Crippen LogP contribution in [0, 0.1) is 29.1 Å². The van der Waals surface area contributed by atoms with Crippen molar-refractivity contribution in [2.75, 3.05) is 14.2 Å². The third kappa shape index (κ3) is 3.62. The van der Waals surface area contributed by atoms with Crippen LogP contribution < -0.4 is 11.5 Å². The summed E-state index contributed by atoms with van der Waals surface area (Å²) in [4.78, 5) is 0. The van der Waals surface area contributed by atoms with Gasteiger partial charge in [-0.25, -0.2) is 0 Å². The second-order valence-corrected chi connectivity index (χ2v) is 8.91. The molecule has 0 aromatic carbocycles. The number of hydrogen-bond acceptors (Lipinski definition) is 6. The van der Waals surface area contributed by atoms with Gasteiger partial charge in [0.15, 0.2) is 0 Å². The molecule has 2 aliphatic carbocycles. The zero-order valence-electron chi connectivity index (χ0n) is 16.6. The van der Waals surface area contributed by atoms with Gasteiger partial charge in [-0.15, -0.1) is 0 Å². The average Bonchev–Trinajstić information content (AvgIpc) is 2.57. The van der Waals surface area contributed by atoms with Gasteiger partial charge in [-0.3, -0.25) is 0 Å². The fraction of sp³-hybridized carbons (Fsp3) is 1.00. The summed E-state index contributed by atoms with van der Waals surface area (Å²) in [6.45, 7) is 8.79. The first-order chi connectivity index (χ1) is 11.6. The van der Waals surface area contributed by atoms with E-state index in [0.29, 0.717) is 11.8 Å². The summed E-state index contributed by atoms with van der Waals surface area (Å²) in [6, 6.07) is -0.612. The molecule has 2 saturated carbocycles. The number of methoxy groups -OCH3 is 2. The Morgan fingerprint density at radius 3 is 1.40 bits per heavy atom. The molecule has 0 aliphatic heterocycles. The Morgan fingerprint density at radius 2 is 1.12 bits per heavy atom. The van der Waals surface area contributed by atoms with Crippen LogP contribution in [0.5, 0.6) is 0 Å². The number of rotatable bonds is 4. The molecule has 10 atom stereocenters. The van der Waals surface area contributed by atoms with E-state index in [1.165, 1.54) is 0 Å². The smallest absolute Gasteiger partial charge is 0.0954 e. The van der Waals surface area contributed by atoms with Crippen LogP contribution in [0.3, 0.4) is 0 Å². The van der Waals surface area contributed by atoms with E-state index < -0.39 is 12.2 Å². The van der Waals surface area contributed by atoms with E-state index in [1.54, 1.807) is 14.2 Å². The van der Waals surface area contributed by atoms with E-state index in [2.05, 4.69) is 27.7 Å². The molecule has 6 heteroatoms. The molecule has 0 heterocycles. The minimum absolute atomic E-state index is 0.0675. The predicted octanol–water partition coefficient (Wildman–Crippen LogP) is 0.731. The van der Waals surface area contributed by atoms with E-state index in [-0.39, 0.29) is 41.5 Å². The monoisotopic (exact) mass is 358 g/mol. The van der Waals surface area contributed by atoms with Crippen molar-refractivity contribution < 1.29 is 19.7 Å². The highest BCUT2D eigenvalue weighted by Crippen LogP contribution is 2.52. The van der Waals surface area contributed by atoms with Crippen LogP contribution in [0.15, 0.2) is 0 Å². The molecule has 0 aromatic heterocycles. The van der Waals surface area contributed by atoms with Gasteiger partial charge in [0, 0.05) is 26.3 Å². The summed E-state index contributed by atoms with van der Waals surface area (Å²) in [5.74, 6) is 0.937. The Hall–Kier alpha value is -0.240. The maximum Gasteiger partial charge on any atom is 0.0954 e. The van der Waals surface area contributed by atoms with E-state index in [9.17, 15) is 10.2 Å². The van der Waals surface area contributed by atoms with Crippen LogP contribution in [0.4, 0.5) is 0 Å². The molecule has 6 N–H and O–H groups in total. The Kier molecular flexibility index (Phi) is 6.56. The van der Waals surface area contributed by atoms with Crippen molar-refractivity contribution in [1.82, 2.24) is 0 Å². The first kappa shape index (κ1) is 21.1. The van der Waals surface area contributed by atoms with Gasteiger partial charge in [0.05, 0.1) is 24.4 Å². The van der Waals surface area contributed by atoms with Gasteiger partial charge in [-0.2, -0.15) is 0 Å². The Bertz CT molecular complexity index is 405. The van der Waals surface area contributed by atoms with Crippen molar-refractivity contribution in [3.05, 3.63) is 0 Å². The summed E-state index contributed by atoms with van der Waals surface area (Å²) in [5, 5.41) is 20.8. The third-order valence-electron chi connectivity index (χ3n) is 7.52. The van der Waals surface area contributed by atoms with E-state index >= 15 is 0 Å². The van der Waals surface area contributed by atoms with Gasteiger partial charge in [-0.1, -0.05) is 27.7 Å². The largest absolute Gasteiger partial charge is 0.389 e. The van der Waals surface area contributed by atoms with Gasteiger partial charge in [0.25, 0.3) is 0 Å². The Balaban J connectivity index is 2.29. The van der Waals surface area contributed by atoms with Gasteiger partial charge >= 0.3 is 0 Å². The second-order valence-electron chi connectivity index (χ2n) is 8.91. The minimum atomic E-state index is -0.633. The number of ether oxygens (including phenoxy) is 2. The topological polar surface area (TPSA) is 111 Å². The molecule has 0 radical (unpaired) electrons. The minimum Gasteiger partial charge on any atom is -0.389 e. The van der Waals surface area contributed by atoms with Crippen molar-refractivity contribution in [3.8, 4) is 0 Å². The molecule has 0 bridgehead atoms. The van der Waals surface area contributed by atoms with Gasteiger partial charge in [0.1, 0.15) is 0 Å². The molecule has 0 aromatic rings. The quantitative estimate of drug-likeness (QED) is 0.590. The van der Waals surface area contributed by atoms with Crippen LogP contribution in [-0.4, -0.2) is 60.9 Å². The molecule has 25 heavy (non-hydrogen) atoms. The van der Waals surface area contributed by atoms with Gasteiger partial charge in [-0.05, 0) is 41.9 Å². The maximum absolute atomic E-state index is 10.4. The third-order valence-corrected chi connectivity index (χ3v) is 7.52. The lowest BCUT2D eigenvalue weighted by Gasteiger charge is -2.55. The van der Waals surface area contributed by atoms with Crippen molar-refractivity contribution in [2.24, 2.45) is 40.6 Å². The second kappa shape index (κ2) is 7.79. The van der Waals surface area contributed by atoms with Crippen molar-refractivity contribution >= 4 is 0 Å². The van der Waals surface area contributed by atoms with Gasteiger partial charge in [0.2, 0.25) is 0 Å². The van der Waals surface area contributed by atoms with Crippen molar-refractivity contribution in [3.63, 3.8) is 0 Å². The SMILES string of the molecule is COC1CC(C(C)(C)C2CC(OC)C(O)C(N)C2C)C(C)C(N)C1O. The standard InChI is InChI=1S/C19H38N2O4/c1-9-11(7-13(24-5)17(22)15(9)20)19(3,4)12-8-14(25-6)18(23)16(21)10(12)2/h9-18,22-23H,7-8,20-21H2,1-6H3. The summed E-state index contributed by atoms with van der Waals surface area (Å²) in [6.07, 6.45) is -0.201. The number of aliphatic hydroxyl groups excluding tert-OH is 2. The van der Waals surface area contributed by atoms with Crippen LogP contribution in [-0.2, 0) is 9.47 Å². The molecule has 2 rings (SSSR count). The maximum atomic E-state index is 10.4. The Morgan fingerprint density at radius 1 is 0.800 bits per heavy atom. The van der Waals surface area contributed by atoms with E-state index in [1.807, 2.05) is 0 Å².